The minimum absolute atomic E-state index is 0.0746. The molecule has 28 heavy (non-hydrogen) atoms. The number of anilines is 1. The van der Waals surface area contributed by atoms with Crippen LogP contribution in [-0.4, -0.2) is 20.4 Å². The molecule has 0 fully saturated rings. The van der Waals surface area contributed by atoms with Crippen LogP contribution in [0, 0.1) is 0 Å². The molecule has 0 aliphatic rings. The maximum atomic E-state index is 12.3. The summed E-state index contributed by atoms with van der Waals surface area (Å²) in [5.41, 5.74) is 2.62. The van der Waals surface area contributed by atoms with Gasteiger partial charge in [0.05, 0.1) is 12.1 Å². The molecule has 1 N–H and O–H groups in total. The Morgan fingerprint density at radius 3 is 2.64 bits per heavy atom. The maximum absolute atomic E-state index is 12.3. The van der Waals surface area contributed by atoms with Crippen LogP contribution in [0.1, 0.15) is 5.69 Å². The van der Waals surface area contributed by atoms with Gasteiger partial charge in [0.2, 0.25) is 5.91 Å². The molecule has 5 nitrogen and oxygen atoms in total. The second-order valence-electron chi connectivity index (χ2n) is 6.18. The molecule has 0 bridgehead atoms. The summed E-state index contributed by atoms with van der Waals surface area (Å²) in [4.78, 5) is 22.3. The Morgan fingerprint density at radius 2 is 1.93 bits per heavy atom. The van der Waals surface area contributed by atoms with Crippen LogP contribution >= 0.6 is 23.1 Å². The van der Waals surface area contributed by atoms with E-state index in [1.165, 1.54) is 0 Å². The number of benzene rings is 2. The van der Waals surface area contributed by atoms with Crippen molar-refractivity contribution >= 4 is 34.7 Å². The lowest BCUT2D eigenvalue weighted by Gasteiger charge is -2.06. The van der Waals surface area contributed by atoms with Crippen LogP contribution in [0.3, 0.4) is 0 Å². The molecule has 0 aliphatic carbocycles. The number of carbonyl (C=O) groups excluding carboxylic acids is 1. The lowest BCUT2D eigenvalue weighted by atomic mass is 10.2. The molecular weight excluding hydrogens is 388 g/mol. The molecule has 0 radical (unpaired) electrons. The number of carbonyl (C=O) groups is 1. The molecule has 7 heteroatoms. The summed E-state index contributed by atoms with van der Waals surface area (Å²) in [6, 6.07) is 17.7. The number of nitrogens with one attached hydrogen (secondary N) is 1. The fraction of sp³-hybridized carbons (Fsp3) is 0.0952. The highest BCUT2D eigenvalue weighted by molar-refractivity contribution is 7.99. The van der Waals surface area contributed by atoms with Gasteiger partial charge in [-0.3, -0.25) is 4.79 Å². The average Bonchev–Trinajstić information content (AvgIpc) is 3.33. The van der Waals surface area contributed by atoms with Crippen LogP contribution in [0.5, 0.6) is 0 Å². The molecule has 0 saturated heterocycles. The second kappa shape index (κ2) is 8.41. The largest absolute Gasteiger partial charge is 0.329 e. The normalized spacial score (nSPS) is 10.8. The van der Waals surface area contributed by atoms with E-state index in [0.29, 0.717) is 0 Å². The first kappa shape index (κ1) is 18.5. The quantitative estimate of drug-likeness (QED) is 0.496. The predicted octanol–water partition coefficient (Wildman–Crippen LogP) is 4.88. The third-order valence-electron chi connectivity index (χ3n) is 4.04. The van der Waals surface area contributed by atoms with Crippen LogP contribution in [0.4, 0.5) is 5.69 Å². The van der Waals surface area contributed by atoms with Crippen molar-refractivity contribution in [2.45, 2.75) is 16.5 Å². The molecule has 140 valence electrons. The molecule has 2 aromatic carbocycles. The number of hydrogen-bond acceptors (Lipinski definition) is 5. The molecule has 2 aromatic heterocycles. The first-order chi connectivity index (χ1) is 13.7. The van der Waals surface area contributed by atoms with Crippen molar-refractivity contribution in [2.24, 2.45) is 7.05 Å². The molecule has 0 spiro atoms. The van der Waals surface area contributed by atoms with Gasteiger partial charge in [0.15, 0.2) is 5.16 Å². The third-order valence-corrected chi connectivity index (χ3v) is 6.06. The van der Waals surface area contributed by atoms with E-state index in [4.69, 9.17) is 0 Å². The number of imidazole rings is 1. The monoisotopic (exact) mass is 406 g/mol. The Labute approximate surface area is 171 Å². The Bertz CT molecular complexity index is 1070. The summed E-state index contributed by atoms with van der Waals surface area (Å²) in [5.74, 6) is -0.0746. The topological polar surface area (TPSA) is 59.8 Å². The Morgan fingerprint density at radius 1 is 1.14 bits per heavy atom. The van der Waals surface area contributed by atoms with Crippen molar-refractivity contribution in [2.75, 3.05) is 5.32 Å². The minimum atomic E-state index is -0.0746. The molecule has 0 atom stereocenters. The van der Waals surface area contributed by atoms with Crippen LogP contribution in [0.2, 0.25) is 0 Å². The summed E-state index contributed by atoms with van der Waals surface area (Å²) in [6.45, 7) is 0. The second-order valence-corrected chi connectivity index (χ2v) is 8.08. The molecule has 2 heterocycles. The van der Waals surface area contributed by atoms with Gasteiger partial charge < -0.3 is 9.88 Å². The average molecular weight is 407 g/mol. The number of nitrogens with zero attached hydrogens (tertiary/aromatic N) is 3. The van der Waals surface area contributed by atoms with E-state index in [9.17, 15) is 4.79 Å². The lowest BCUT2D eigenvalue weighted by Crippen LogP contribution is -2.14. The number of thiazole rings is 1. The number of rotatable bonds is 6. The predicted molar refractivity (Wildman–Crippen MR) is 114 cm³/mol. The summed E-state index contributed by atoms with van der Waals surface area (Å²) < 4.78 is 1.97. The smallest absolute Gasteiger partial charge is 0.230 e. The highest BCUT2D eigenvalue weighted by atomic mass is 32.2. The van der Waals surface area contributed by atoms with Gasteiger partial charge in [0.1, 0.15) is 5.01 Å². The van der Waals surface area contributed by atoms with Gasteiger partial charge >= 0.3 is 0 Å². The van der Waals surface area contributed by atoms with E-state index in [1.54, 1.807) is 29.3 Å². The van der Waals surface area contributed by atoms with Crippen molar-refractivity contribution < 1.29 is 4.79 Å². The van der Waals surface area contributed by atoms with Crippen LogP contribution < -0.4 is 5.32 Å². The number of hydrogen-bond donors (Lipinski definition) is 1. The number of aryl methyl sites for hydroxylation is 1. The fourth-order valence-electron chi connectivity index (χ4n) is 2.63. The summed E-state index contributed by atoms with van der Waals surface area (Å²) in [7, 11) is 1.96. The summed E-state index contributed by atoms with van der Waals surface area (Å²) >= 11 is 3.14. The van der Waals surface area contributed by atoms with Gasteiger partial charge in [-0.15, -0.1) is 11.3 Å². The minimum Gasteiger partial charge on any atom is -0.329 e. The van der Waals surface area contributed by atoms with Gasteiger partial charge in [0.25, 0.3) is 0 Å². The zero-order valence-electron chi connectivity index (χ0n) is 15.2. The Hall–Kier alpha value is -2.90. The Kier molecular flexibility index (Phi) is 5.55. The van der Waals surface area contributed by atoms with Crippen molar-refractivity contribution in [1.82, 2.24) is 14.5 Å². The maximum Gasteiger partial charge on any atom is 0.230 e. The zero-order valence-corrected chi connectivity index (χ0v) is 16.8. The van der Waals surface area contributed by atoms with E-state index < -0.39 is 0 Å². The highest BCUT2D eigenvalue weighted by Crippen LogP contribution is 2.27. The zero-order chi connectivity index (χ0) is 19.3. The van der Waals surface area contributed by atoms with Gasteiger partial charge in [-0.2, -0.15) is 0 Å². The first-order valence-corrected chi connectivity index (χ1v) is 10.4. The molecule has 0 saturated carbocycles. The van der Waals surface area contributed by atoms with E-state index in [-0.39, 0.29) is 12.3 Å². The molecule has 0 unspecified atom stereocenters. The van der Waals surface area contributed by atoms with Crippen molar-refractivity contribution in [3.63, 3.8) is 0 Å². The van der Waals surface area contributed by atoms with Gasteiger partial charge in [-0.05, 0) is 24.3 Å². The molecular formula is C21H18N4OS2. The summed E-state index contributed by atoms with van der Waals surface area (Å²) in [5, 5.41) is 6.73. The van der Waals surface area contributed by atoms with Crippen LogP contribution in [-0.2, 0) is 18.3 Å². The fourth-order valence-corrected chi connectivity index (χ4v) is 4.26. The first-order valence-electron chi connectivity index (χ1n) is 8.72. The van der Waals surface area contributed by atoms with E-state index in [0.717, 1.165) is 32.0 Å². The third kappa shape index (κ3) is 4.49. The van der Waals surface area contributed by atoms with E-state index >= 15 is 0 Å². The highest BCUT2D eigenvalue weighted by Gasteiger charge is 2.10. The SMILES string of the molecule is Cn1ccnc1Sc1ccc(NC(=O)Cc2csc(-c3ccccc3)n2)cc1. The Balaban J connectivity index is 1.35. The van der Waals surface area contributed by atoms with Crippen molar-refractivity contribution in [3.8, 4) is 10.6 Å². The van der Waals surface area contributed by atoms with Crippen molar-refractivity contribution in [3.05, 3.63) is 78.1 Å². The van der Waals surface area contributed by atoms with Crippen molar-refractivity contribution in [1.29, 1.82) is 0 Å². The number of aromatic nitrogens is 3. The molecule has 4 rings (SSSR count). The van der Waals surface area contributed by atoms with Crippen LogP contribution in [0.25, 0.3) is 10.6 Å². The molecule has 0 aliphatic heterocycles. The molecule has 1 amide bonds. The molecule has 4 aromatic rings. The van der Waals surface area contributed by atoms with Gasteiger partial charge in [-0.25, -0.2) is 9.97 Å². The van der Waals surface area contributed by atoms with Gasteiger partial charge in [0, 0.05) is 41.0 Å². The lowest BCUT2D eigenvalue weighted by molar-refractivity contribution is -0.115. The van der Waals surface area contributed by atoms with Gasteiger partial charge in [-0.1, -0.05) is 42.1 Å². The number of amides is 1. The van der Waals surface area contributed by atoms with E-state index in [1.807, 2.05) is 77.8 Å². The van der Waals surface area contributed by atoms with E-state index in [2.05, 4.69) is 15.3 Å². The van der Waals surface area contributed by atoms with Crippen LogP contribution in [0.15, 0.2) is 82.4 Å². The standard InChI is InChI=1S/C21H18N4OS2/c1-25-12-11-22-21(25)28-18-9-7-16(8-10-18)23-19(26)13-17-14-27-20(24-17)15-5-3-2-4-6-15/h2-12,14H,13H2,1H3,(H,23,26). The summed E-state index contributed by atoms with van der Waals surface area (Å²) in [6.07, 6.45) is 3.95.